The minimum Gasteiger partial charge on any atom is -0.298 e. The molecule has 0 atom stereocenters. The van der Waals surface area contributed by atoms with Crippen molar-refractivity contribution in [3.8, 4) is 0 Å². The lowest BCUT2D eigenvalue weighted by atomic mass is 9.86. The first kappa shape index (κ1) is 20.2. The van der Waals surface area contributed by atoms with E-state index in [0.717, 1.165) is 23.8 Å². The van der Waals surface area contributed by atoms with Gasteiger partial charge in [-0.05, 0) is 53.0 Å². The Morgan fingerprint density at radius 1 is 1.08 bits per heavy atom. The van der Waals surface area contributed by atoms with E-state index in [9.17, 15) is 4.79 Å². The largest absolute Gasteiger partial charge is 0.298 e. The first-order valence-corrected chi connectivity index (χ1v) is 8.56. The van der Waals surface area contributed by atoms with Crippen molar-refractivity contribution in [3.63, 3.8) is 0 Å². The fourth-order valence-corrected chi connectivity index (χ4v) is 2.34. The van der Waals surface area contributed by atoms with Gasteiger partial charge in [0.05, 0.1) is 0 Å². The summed E-state index contributed by atoms with van der Waals surface area (Å²) in [6.45, 7) is 19.5. The van der Waals surface area contributed by atoms with E-state index < -0.39 is 0 Å². The molecule has 0 saturated heterocycles. The van der Waals surface area contributed by atoms with Crippen LogP contribution in [0.1, 0.15) is 70.0 Å². The van der Waals surface area contributed by atoms with Crippen molar-refractivity contribution >= 4 is 11.9 Å². The van der Waals surface area contributed by atoms with Crippen molar-refractivity contribution in [2.45, 2.75) is 54.9 Å². The van der Waals surface area contributed by atoms with E-state index in [0.29, 0.717) is 5.56 Å². The monoisotopic (exact) mass is 324 g/mol. The van der Waals surface area contributed by atoms with Gasteiger partial charge in [0.25, 0.3) is 0 Å². The fourth-order valence-electron chi connectivity index (χ4n) is 2.34. The van der Waals surface area contributed by atoms with Crippen LogP contribution in [0.4, 0.5) is 0 Å². The second-order valence-electron chi connectivity index (χ2n) is 8.80. The quantitative estimate of drug-likeness (QED) is 0.438. The van der Waals surface area contributed by atoms with Crippen LogP contribution < -0.4 is 0 Å². The van der Waals surface area contributed by atoms with Crippen LogP contribution in [-0.2, 0) is 6.42 Å². The lowest BCUT2D eigenvalue weighted by Crippen LogP contribution is -2.09. The van der Waals surface area contributed by atoms with E-state index in [1.807, 2.05) is 24.3 Å². The van der Waals surface area contributed by atoms with E-state index >= 15 is 0 Å². The van der Waals surface area contributed by atoms with Crippen LogP contribution in [0.15, 0.2) is 48.6 Å². The average Bonchev–Trinajstić information content (AvgIpc) is 2.43. The highest BCUT2D eigenvalue weighted by Gasteiger charge is 2.13. The maximum absolute atomic E-state index is 11.3. The molecule has 0 fully saturated rings. The number of carbonyl (C=O) groups excluding carboxylic acids is 1. The Morgan fingerprint density at radius 3 is 2.21 bits per heavy atom. The Hall–Kier alpha value is -1.89. The molecular weight excluding hydrogens is 292 g/mol. The van der Waals surface area contributed by atoms with Gasteiger partial charge in [-0.15, -0.1) is 0 Å². The summed E-state index contributed by atoms with van der Waals surface area (Å²) in [5.41, 5.74) is 5.50. The molecule has 0 saturated carbocycles. The second kappa shape index (κ2) is 7.79. The molecule has 0 amide bonds. The summed E-state index contributed by atoms with van der Waals surface area (Å²) >= 11 is 0. The van der Waals surface area contributed by atoms with Gasteiger partial charge in [-0.25, -0.2) is 0 Å². The van der Waals surface area contributed by atoms with Crippen molar-refractivity contribution < 1.29 is 4.79 Å². The lowest BCUT2D eigenvalue weighted by Gasteiger charge is -2.19. The fraction of sp³-hybridized carbons (Fsp3) is 0.435. The highest BCUT2D eigenvalue weighted by Crippen LogP contribution is 2.26. The van der Waals surface area contributed by atoms with Crippen LogP contribution in [0, 0.1) is 10.8 Å². The summed E-state index contributed by atoms with van der Waals surface area (Å²) in [5.74, 6) is 0. The Morgan fingerprint density at radius 2 is 1.71 bits per heavy atom. The summed E-state index contributed by atoms with van der Waals surface area (Å²) in [6, 6.07) is 6.03. The predicted octanol–water partition coefficient (Wildman–Crippen LogP) is 6.65. The van der Waals surface area contributed by atoms with Gasteiger partial charge in [0.2, 0.25) is 0 Å². The maximum atomic E-state index is 11.3. The number of hydrogen-bond acceptors (Lipinski definition) is 1. The third kappa shape index (κ3) is 6.70. The summed E-state index contributed by atoms with van der Waals surface area (Å²) in [6.07, 6.45) is 8.03. The molecule has 0 radical (unpaired) electrons. The maximum Gasteiger partial charge on any atom is 0.150 e. The summed E-state index contributed by atoms with van der Waals surface area (Å²) in [7, 11) is 0. The number of carbonyl (C=O) groups is 1. The van der Waals surface area contributed by atoms with Gasteiger partial charge < -0.3 is 0 Å². The number of rotatable bonds is 5. The third-order valence-electron chi connectivity index (χ3n) is 4.08. The smallest absolute Gasteiger partial charge is 0.150 e. The minimum absolute atomic E-state index is 0.170. The van der Waals surface area contributed by atoms with Crippen LogP contribution in [0.2, 0.25) is 0 Å². The lowest BCUT2D eigenvalue weighted by molar-refractivity contribution is 0.112. The van der Waals surface area contributed by atoms with E-state index in [1.54, 1.807) is 0 Å². The van der Waals surface area contributed by atoms with Gasteiger partial charge in [0, 0.05) is 5.56 Å². The molecule has 0 unspecified atom stereocenters. The zero-order chi connectivity index (χ0) is 18.5. The van der Waals surface area contributed by atoms with Crippen molar-refractivity contribution in [1.82, 2.24) is 0 Å². The number of benzene rings is 1. The molecule has 1 aromatic carbocycles. The molecule has 0 aliphatic heterocycles. The summed E-state index contributed by atoms with van der Waals surface area (Å²) in [4.78, 5) is 11.3. The van der Waals surface area contributed by atoms with Gasteiger partial charge in [-0.2, -0.15) is 0 Å². The van der Waals surface area contributed by atoms with E-state index in [2.05, 4.69) is 67.2 Å². The molecular formula is C23H32O. The first-order chi connectivity index (χ1) is 10.9. The first-order valence-electron chi connectivity index (χ1n) is 8.56. The zero-order valence-electron chi connectivity index (χ0n) is 16.4. The van der Waals surface area contributed by atoms with E-state index in [-0.39, 0.29) is 10.8 Å². The normalized spacial score (nSPS) is 13.4. The molecule has 0 aliphatic rings. The zero-order valence-corrected chi connectivity index (χ0v) is 16.4. The van der Waals surface area contributed by atoms with Crippen LogP contribution in [0.3, 0.4) is 0 Å². The van der Waals surface area contributed by atoms with Crippen molar-refractivity contribution in [1.29, 1.82) is 0 Å². The van der Waals surface area contributed by atoms with E-state index in [1.165, 1.54) is 11.1 Å². The van der Waals surface area contributed by atoms with Gasteiger partial charge in [-0.3, -0.25) is 4.79 Å². The Kier molecular flexibility index (Phi) is 6.54. The van der Waals surface area contributed by atoms with Crippen molar-refractivity contribution in [2.75, 3.05) is 0 Å². The molecule has 1 aromatic rings. The van der Waals surface area contributed by atoms with Crippen LogP contribution in [-0.4, -0.2) is 6.29 Å². The van der Waals surface area contributed by atoms with Crippen LogP contribution in [0.5, 0.6) is 0 Å². The molecule has 130 valence electrons. The second-order valence-corrected chi connectivity index (χ2v) is 8.80. The molecule has 0 spiro atoms. The van der Waals surface area contributed by atoms with Crippen molar-refractivity contribution in [3.05, 3.63) is 65.3 Å². The Labute approximate surface area is 148 Å². The molecule has 0 heterocycles. The van der Waals surface area contributed by atoms with Crippen LogP contribution >= 0.6 is 0 Å². The predicted molar refractivity (Wildman–Crippen MR) is 106 cm³/mol. The summed E-state index contributed by atoms with van der Waals surface area (Å²) in [5, 5.41) is 0. The molecule has 0 bridgehead atoms. The highest BCUT2D eigenvalue weighted by molar-refractivity contribution is 5.80. The Balaban J connectivity index is 3.06. The summed E-state index contributed by atoms with van der Waals surface area (Å²) < 4.78 is 0. The molecule has 0 aromatic heterocycles. The van der Waals surface area contributed by atoms with Gasteiger partial charge >= 0.3 is 0 Å². The minimum atomic E-state index is 0.170. The van der Waals surface area contributed by atoms with Gasteiger partial charge in [0.1, 0.15) is 6.29 Å². The molecule has 1 nitrogen and oxygen atoms in total. The van der Waals surface area contributed by atoms with E-state index in [4.69, 9.17) is 0 Å². The molecule has 0 N–H and O–H groups in total. The van der Waals surface area contributed by atoms with Crippen molar-refractivity contribution in [2.24, 2.45) is 10.8 Å². The number of aldehydes is 1. The number of hydrogen-bond donors (Lipinski definition) is 0. The van der Waals surface area contributed by atoms with Gasteiger partial charge in [-0.1, -0.05) is 78.0 Å². The molecule has 1 rings (SSSR count). The molecule has 1 heteroatoms. The molecule has 0 aliphatic carbocycles. The molecule has 24 heavy (non-hydrogen) atoms. The average molecular weight is 325 g/mol. The topological polar surface area (TPSA) is 17.1 Å². The third-order valence-corrected chi connectivity index (χ3v) is 4.08. The van der Waals surface area contributed by atoms with Gasteiger partial charge in [0.15, 0.2) is 0 Å². The highest BCUT2D eigenvalue weighted by atomic mass is 16.1. The van der Waals surface area contributed by atoms with Crippen LogP contribution in [0.25, 0.3) is 5.57 Å². The Bertz CT molecular complexity index is 658. The number of allylic oxidation sites excluding steroid dienone is 5. The SMILES string of the molecule is C=C(/C=C\C=C(/C)C(C)(C)C)c1cc(C=O)cc(CC(C)(C)C)c1. The standard InChI is InChI=1S/C23H32O/c1-17(10-9-11-18(2)23(6,7)8)21-13-19(15-22(3,4)5)12-20(14-21)16-24/h9-14,16H,1,15H2,2-8H3/b10-9-,18-11+.